The van der Waals surface area contributed by atoms with Crippen LogP contribution >= 0.6 is 0 Å². The van der Waals surface area contributed by atoms with E-state index in [4.69, 9.17) is 4.74 Å². The highest BCUT2D eigenvalue weighted by atomic mass is 32.2. The van der Waals surface area contributed by atoms with Gasteiger partial charge in [0.25, 0.3) is 0 Å². The molecule has 0 amide bonds. The SMILES string of the molecule is CCOC(=O)c1ccc(NC/C=C/S(C)(=O)=O)cc1. The minimum absolute atomic E-state index is 0.342. The van der Waals surface area contributed by atoms with Gasteiger partial charge in [0.05, 0.1) is 12.2 Å². The zero-order valence-electron chi connectivity index (χ0n) is 10.9. The first-order chi connectivity index (χ1) is 8.92. The molecule has 0 unspecified atom stereocenters. The summed E-state index contributed by atoms with van der Waals surface area (Å²) in [4.78, 5) is 11.4. The summed E-state index contributed by atoms with van der Waals surface area (Å²) in [6, 6.07) is 6.78. The zero-order valence-corrected chi connectivity index (χ0v) is 11.7. The van der Waals surface area contributed by atoms with Crippen LogP contribution in [-0.4, -0.2) is 33.8 Å². The molecule has 0 aliphatic rings. The summed E-state index contributed by atoms with van der Waals surface area (Å²) in [5.41, 5.74) is 1.28. The number of benzene rings is 1. The van der Waals surface area contributed by atoms with E-state index < -0.39 is 9.84 Å². The summed E-state index contributed by atoms with van der Waals surface area (Å²) in [6.45, 7) is 2.49. The topological polar surface area (TPSA) is 72.5 Å². The van der Waals surface area contributed by atoms with Crippen LogP contribution in [0.5, 0.6) is 0 Å². The third-order valence-electron chi connectivity index (χ3n) is 2.16. The summed E-state index contributed by atoms with van der Waals surface area (Å²) >= 11 is 0. The lowest BCUT2D eigenvalue weighted by molar-refractivity contribution is 0.0526. The lowest BCUT2D eigenvalue weighted by Crippen LogP contribution is -2.05. The van der Waals surface area contributed by atoms with Gasteiger partial charge in [0, 0.05) is 23.9 Å². The van der Waals surface area contributed by atoms with Gasteiger partial charge in [0.1, 0.15) is 0 Å². The number of carbonyl (C=O) groups excluding carboxylic acids is 1. The van der Waals surface area contributed by atoms with Crippen molar-refractivity contribution < 1.29 is 17.9 Å². The summed E-state index contributed by atoms with van der Waals surface area (Å²) in [5, 5.41) is 4.16. The van der Waals surface area contributed by atoms with Gasteiger partial charge in [-0.25, -0.2) is 13.2 Å². The highest BCUT2D eigenvalue weighted by Gasteiger charge is 2.04. The second kappa shape index (κ2) is 6.94. The number of hydrogen-bond acceptors (Lipinski definition) is 5. The predicted molar refractivity (Wildman–Crippen MR) is 74.9 cm³/mol. The molecule has 0 atom stereocenters. The number of rotatable bonds is 6. The minimum atomic E-state index is -3.08. The summed E-state index contributed by atoms with van der Waals surface area (Å²) in [7, 11) is -3.08. The summed E-state index contributed by atoms with van der Waals surface area (Å²) in [6.07, 6.45) is 2.66. The lowest BCUT2D eigenvalue weighted by Gasteiger charge is -2.05. The van der Waals surface area contributed by atoms with Crippen LogP contribution in [0.1, 0.15) is 17.3 Å². The highest BCUT2D eigenvalue weighted by molar-refractivity contribution is 7.93. The van der Waals surface area contributed by atoms with E-state index in [1.807, 2.05) is 0 Å². The van der Waals surface area contributed by atoms with E-state index in [1.54, 1.807) is 31.2 Å². The van der Waals surface area contributed by atoms with Gasteiger partial charge in [-0.05, 0) is 31.2 Å². The minimum Gasteiger partial charge on any atom is -0.462 e. The molecule has 6 heteroatoms. The van der Waals surface area contributed by atoms with E-state index >= 15 is 0 Å². The van der Waals surface area contributed by atoms with Gasteiger partial charge < -0.3 is 10.1 Å². The molecule has 19 heavy (non-hydrogen) atoms. The maximum absolute atomic E-state index is 11.4. The smallest absolute Gasteiger partial charge is 0.338 e. The standard InChI is InChI=1S/C13H17NO4S/c1-3-18-13(15)11-5-7-12(8-6-11)14-9-4-10-19(2,16)17/h4-8,10,14H,3,9H2,1-2H3/b10-4+. The van der Waals surface area contributed by atoms with Crippen LogP contribution in [0.25, 0.3) is 0 Å². The molecule has 0 aromatic heterocycles. The normalized spacial score (nSPS) is 11.5. The molecule has 0 fully saturated rings. The fourth-order valence-electron chi connectivity index (χ4n) is 1.34. The van der Waals surface area contributed by atoms with Crippen molar-refractivity contribution in [2.45, 2.75) is 6.92 Å². The average Bonchev–Trinajstić information content (AvgIpc) is 2.34. The molecule has 0 radical (unpaired) electrons. The molecule has 0 aliphatic carbocycles. The fourth-order valence-corrected chi connectivity index (χ4v) is 1.78. The Morgan fingerprint density at radius 1 is 1.32 bits per heavy atom. The van der Waals surface area contributed by atoms with Gasteiger partial charge >= 0.3 is 5.97 Å². The van der Waals surface area contributed by atoms with Crippen LogP contribution in [0.4, 0.5) is 5.69 Å². The molecular formula is C13H17NO4S. The first-order valence-electron chi connectivity index (χ1n) is 5.80. The third kappa shape index (κ3) is 6.05. The number of nitrogens with one attached hydrogen (secondary N) is 1. The second-order valence-corrected chi connectivity index (χ2v) is 5.81. The Morgan fingerprint density at radius 2 is 1.95 bits per heavy atom. The number of anilines is 1. The summed E-state index contributed by atoms with van der Waals surface area (Å²) in [5.74, 6) is -0.356. The van der Waals surface area contributed by atoms with E-state index in [-0.39, 0.29) is 5.97 Å². The molecule has 1 aromatic carbocycles. The van der Waals surface area contributed by atoms with E-state index in [2.05, 4.69) is 5.32 Å². The molecule has 0 saturated carbocycles. The van der Waals surface area contributed by atoms with Crippen LogP contribution < -0.4 is 5.32 Å². The Kier molecular flexibility index (Phi) is 5.57. The monoisotopic (exact) mass is 283 g/mol. The van der Waals surface area contributed by atoms with Crippen molar-refractivity contribution >= 4 is 21.5 Å². The van der Waals surface area contributed by atoms with Crippen LogP contribution in [0.3, 0.4) is 0 Å². The van der Waals surface area contributed by atoms with Crippen molar-refractivity contribution in [3.8, 4) is 0 Å². The zero-order chi connectivity index (χ0) is 14.3. The van der Waals surface area contributed by atoms with Crippen LogP contribution in [0.2, 0.25) is 0 Å². The van der Waals surface area contributed by atoms with E-state index in [0.717, 1.165) is 17.4 Å². The van der Waals surface area contributed by atoms with Gasteiger partial charge in [-0.15, -0.1) is 0 Å². The van der Waals surface area contributed by atoms with Gasteiger partial charge in [-0.1, -0.05) is 6.08 Å². The van der Waals surface area contributed by atoms with Crippen LogP contribution in [-0.2, 0) is 14.6 Å². The maximum atomic E-state index is 11.4. The number of hydrogen-bond donors (Lipinski definition) is 1. The molecular weight excluding hydrogens is 266 g/mol. The quantitative estimate of drug-likeness (QED) is 0.806. The van der Waals surface area contributed by atoms with Gasteiger partial charge in [-0.2, -0.15) is 0 Å². The number of carbonyl (C=O) groups is 1. The van der Waals surface area contributed by atoms with Crippen molar-refractivity contribution in [3.05, 3.63) is 41.3 Å². The number of sulfone groups is 1. The van der Waals surface area contributed by atoms with Gasteiger partial charge in [0.2, 0.25) is 0 Å². The van der Waals surface area contributed by atoms with Crippen molar-refractivity contribution in [3.63, 3.8) is 0 Å². The Morgan fingerprint density at radius 3 is 2.47 bits per heavy atom. The molecule has 0 spiro atoms. The first-order valence-corrected chi connectivity index (χ1v) is 7.75. The third-order valence-corrected chi connectivity index (χ3v) is 2.85. The van der Waals surface area contributed by atoms with Crippen molar-refractivity contribution in [2.75, 3.05) is 24.7 Å². The van der Waals surface area contributed by atoms with Crippen LogP contribution in [0, 0.1) is 0 Å². The molecule has 104 valence electrons. The predicted octanol–water partition coefficient (Wildman–Crippen LogP) is 1.83. The molecule has 5 nitrogen and oxygen atoms in total. The van der Waals surface area contributed by atoms with Crippen molar-refractivity contribution in [2.24, 2.45) is 0 Å². The first kappa shape index (κ1) is 15.2. The van der Waals surface area contributed by atoms with Gasteiger partial charge in [-0.3, -0.25) is 0 Å². The van der Waals surface area contributed by atoms with E-state index in [1.165, 1.54) is 6.08 Å². The van der Waals surface area contributed by atoms with Crippen molar-refractivity contribution in [1.29, 1.82) is 0 Å². The molecule has 0 saturated heterocycles. The molecule has 1 rings (SSSR count). The highest BCUT2D eigenvalue weighted by Crippen LogP contribution is 2.10. The second-order valence-electron chi connectivity index (χ2n) is 3.88. The molecule has 0 aliphatic heterocycles. The summed E-state index contributed by atoms with van der Waals surface area (Å²) < 4.78 is 26.6. The van der Waals surface area contributed by atoms with Crippen LogP contribution in [0.15, 0.2) is 35.7 Å². The van der Waals surface area contributed by atoms with E-state index in [9.17, 15) is 13.2 Å². The Balaban J connectivity index is 2.53. The van der Waals surface area contributed by atoms with E-state index in [0.29, 0.717) is 18.7 Å². The maximum Gasteiger partial charge on any atom is 0.338 e. The Labute approximate surface area is 113 Å². The molecule has 1 N–H and O–H groups in total. The number of esters is 1. The fraction of sp³-hybridized carbons (Fsp3) is 0.308. The van der Waals surface area contributed by atoms with Crippen molar-refractivity contribution in [1.82, 2.24) is 0 Å². The largest absolute Gasteiger partial charge is 0.462 e. The molecule has 1 aromatic rings. The Hall–Kier alpha value is -1.82. The molecule has 0 heterocycles. The lowest BCUT2D eigenvalue weighted by atomic mass is 10.2. The van der Waals surface area contributed by atoms with Gasteiger partial charge in [0.15, 0.2) is 9.84 Å². The Bertz CT molecular complexity index is 547. The molecule has 0 bridgehead atoms. The number of ether oxygens (including phenoxy) is 1. The average molecular weight is 283 g/mol.